The Kier molecular flexibility index (Phi) is 5.40. The third-order valence-electron chi connectivity index (χ3n) is 3.12. The first-order chi connectivity index (χ1) is 9.58. The van der Waals surface area contributed by atoms with Gasteiger partial charge >= 0.3 is 0 Å². The minimum absolute atomic E-state index is 0.325. The molecule has 4 nitrogen and oxygen atoms in total. The fourth-order valence-corrected chi connectivity index (χ4v) is 2.32. The molecule has 1 aromatic carbocycles. The molecule has 1 unspecified atom stereocenters. The molecule has 0 saturated carbocycles. The Hall–Kier alpha value is -1.10. The van der Waals surface area contributed by atoms with Gasteiger partial charge in [-0.1, -0.05) is 34.4 Å². The van der Waals surface area contributed by atoms with Crippen LogP contribution in [0.25, 0.3) is 0 Å². The monoisotopic (exact) mass is 313 g/mol. The van der Waals surface area contributed by atoms with Crippen LogP contribution in [-0.4, -0.2) is 23.2 Å². The minimum atomic E-state index is 0.325. The van der Waals surface area contributed by atoms with Crippen LogP contribution in [0.15, 0.2) is 22.7 Å². The lowest BCUT2D eigenvalue weighted by atomic mass is 10.1. The van der Waals surface area contributed by atoms with Gasteiger partial charge in [0.1, 0.15) is 0 Å². The number of benzene rings is 1. The number of aromatic nitrogens is 2. The molecular formula is C14H17Cl2N3O. The number of hydrogen-bond acceptors (Lipinski definition) is 4. The zero-order valence-corrected chi connectivity index (χ0v) is 13.0. The molecule has 0 radical (unpaired) electrons. The molecule has 1 heterocycles. The average Bonchev–Trinajstić information content (AvgIpc) is 2.85. The summed E-state index contributed by atoms with van der Waals surface area (Å²) in [6, 6.07) is 5.82. The van der Waals surface area contributed by atoms with E-state index in [1.54, 1.807) is 6.07 Å². The first-order valence-corrected chi connectivity index (χ1v) is 7.26. The summed E-state index contributed by atoms with van der Waals surface area (Å²) in [5.74, 6) is 1.36. The van der Waals surface area contributed by atoms with Crippen LogP contribution >= 0.6 is 23.2 Å². The molecule has 0 aliphatic carbocycles. The largest absolute Gasteiger partial charge is 0.339 e. The van der Waals surface area contributed by atoms with E-state index in [1.807, 2.05) is 19.2 Å². The number of rotatable bonds is 6. The van der Waals surface area contributed by atoms with Crippen LogP contribution < -0.4 is 5.32 Å². The van der Waals surface area contributed by atoms with Gasteiger partial charge in [0.05, 0.1) is 0 Å². The van der Waals surface area contributed by atoms with E-state index < -0.39 is 0 Å². The van der Waals surface area contributed by atoms with Crippen LogP contribution in [0.3, 0.4) is 0 Å². The number of nitrogens with one attached hydrogen (secondary N) is 1. The van der Waals surface area contributed by atoms with E-state index >= 15 is 0 Å². The van der Waals surface area contributed by atoms with Crippen LogP contribution in [0.4, 0.5) is 0 Å². The Labute approximate surface area is 128 Å². The van der Waals surface area contributed by atoms with Gasteiger partial charge in [-0.15, -0.1) is 0 Å². The summed E-state index contributed by atoms with van der Waals surface area (Å²) in [7, 11) is 1.91. The highest BCUT2D eigenvalue weighted by atomic mass is 35.5. The molecule has 1 N–H and O–H groups in total. The summed E-state index contributed by atoms with van der Waals surface area (Å²) < 4.78 is 5.24. The predicted octanol–water partition coefficient (Wildman–Crippen LogP) is 3.31. The van der Waals surface area contributed by atoms with E-state index in [1.165, 1.54) is 0 Å². The predicted molar refractivity (Wildman–Crippen MR) is 80.4 cm³/mol. The van der Waals surface area contributed by atoms with Crippen LogP contribution in [0.2, 0.25) is 10.0 Å². The third kappa shape index (κ3) is 4.20. The first-order valence-electron chi connectivity index (χ1n) is 6.51. The zero-order valence-electron chi connectivity index (χ0n) is 11.5. The van der Waals surface area contributed by atoms with Crippen molar-refractivity contribution in [3.05, 3.63) is 45.5 Å². The first kappa shape index (κ1) is 15.3. The van der Waals surface area contributed by atoms with Gasteiger partial charge in [0, 0.05) is 28.9 Å². The molecule has 0 saturated heterocycles. The molecular weight excluding hydrogens is 297 g/mol. The summed E-state index contributed by atoms with van der Waals surface area (Å²) in [6.07, 6.45) is 2.17. The van der Waals surface area contributed by atoms with Crippen LogP contribution in [0.1, 0.15) is 24.2 Å². The quantitative estimate of drug-likeness (QED) is 0.889. The minimum Gasteiger partial charge on any atom is -0.339 e. The van der Waals surface area contributed by atoms with E-state index in [2.05, 4.69) is 22.4 Å². The average molecular weight is 314 g/mol. The third-order valence-corrected chi connectivity index (χ3v) is 3.70. The number of nitrogens with zero attached hydrogens (tertiary/aromatic N) is 2. The van der Waals surface area contributed by atoms with E-state index in [4.69, 9.17) is 27.7 Å². The zero-order chi connectivity index (χ0) is 14.5. The molecule has 0 aliphatic rings. The van der Waals surface area contributed by atoms with E-state index in [-0.39, 0.29) is 0 Å². The van der Waals surface area contributed by atoms with Crippen LogP contribution in [0, 0.1) is 0 Å². The Morgan fingerprint density at radius 2 is 2.10 bits per heavy atom. The van der Waals surface area contributed by atoms with E-state index in [0.717, 1.165) is 24.2 Å². The molecule has 0 fully saturated rings. The normalized spacial score (nSPS) is 12.6. The second-order valence-electron chi connectivity index (χ2n) is 4.73. The molecule has 0 aliphatic heterocycles. The summed E-state index contributed by atoms with van der Waals surface area (Å²) in [5, 5.41) is 8.42. The lowest BCUT2D eigenvalue weighted by Crippen LogP contribution is -2.24. The molecule has 2 aromatic rings. The number of hydrogen-bond donors (Lipinski definition) is 1. The fraction of sp³-hybridized carbons (Fsp3) is 0.429. The maximum atomic E-state index is 6.13. The van der Waals surface area contributed by atoms with Gasteiger partial charge in [-0.3, -0.25) is 0 Å². The van der Waals surface area contributed by atoms with Gasteiger partial charge in [-0.25, -0.2) is 0 Å². The van der Waals surface area contributed by atoms with E-state index in [9.17, 15) is 0 Å². The topological polar surface area (TPSA) is 51.0 Å². The SMILES string of the molecule is CNC(C)Cc1noc(CCc2ccc(Cl)cc2Cl)n1. The Balaban J connectivity index is 1.94. The van der Waals surface area contributed by atoms with Crippen molar-refractivity contribution in [1.82, 2.24) is 15.5 Å². The maximum absolute atomic E-state index is 6.13. The number of likely N-dealkylation sites (N-methyl/N-ethyl adjacent to an activating group) is 1. The van der Waals surface area contributed by atoms with Crippen molar-refractivity contribution in [3.8, 4) is 0 Å². The van der Waals surface area contributed by atoms with Crippen LogP contribution in [0.5, 0.6) is 0 Å². The van der Waals surface area contributed by atoms with Crippen LogP contribution in [-0.2, 0) is 19.3 Å². The van der Waals surface area contributed by atoms with Crippen molar-refractivity contribution in [3.63, 3.8) is 0 Å². The van der Waals surface area contributed by atoms with Crippen molar-refractivity contribution >= 4 is 23.2 Å². The highest BCUT2D eigenvalue weighted by Gasteiger charge is 2.10. The lowest BCUT2D eigenvalue weighted by Gasteiger charge is -2.04. The van der Waals surface area contributed by atoms with Gasteiger partial charge < -0.3 is 9.84 Å². The second kappa shape index (κ2) is 7.07. The van der Waals surface area contributed by atoms with Gasteiger partial charge in [0.2, 0.25) is 5.89 Å². The Morgan fingerprint density at radius 1 is 1.30 bits per heavy atom. The molecule has 0 bridgehead atoms. The van der Waals surface area contributed by atoms with Crippen molar-refractivity contribution in [2.24, 2.45) is 0 Å². The highest BCUT2D eigenvalue weighted by Crippen LogP contribution is 2.22. The molecule has 0 amide bonds. The maximum Gasteiger partial charge on any atom is 0.226 e. The molecule has 1 aromatic heterocycles. The number of halogens is 2. The summed E-state index contributed by atoms with van der Waals surface area (Å²) in [6.45, 7) is 2.07. The van der Waals surface area contributed by atoms with Gasteiger partial charge in [0.25, 0.3) is 0 Å². The second-order valence-corrected chi connectivity index (χ2v) is 5.58. The summed E-state index contributed by atoms with van der Waals surface area (Å²) >= 11 is 12.0. The molecule has 0 spiro atoms. The molecule has 6 heteroatoms. The lowest BCUT2D eigenvalue weighted by molar-refractivity contribution is 0.371. The standard InChI is InChI=1S/C14H17Cl2N3O/c1-9(17-2)7-13-18-14(20-19-13)6-4-10-3-5-11(15)8-12(10)16/h3,5,8-9,17H,4,6-7H2,1-2H3. The molecule has 1 atom stereocenters. The van der Waals surface area contributed by atoms with Gasteiger partial charge in [-0.2, -0.15) is 4.98 Å². The molecule has 2 rings (SSSR count). The van der Waals surface area contributed by atoms with Crippen molar-refractivity contribution in [2.75, 3.05) is 7.05 Å². The summed E-state index contributed by atoms with van der Waals surface area (Å²) in [5.41, 5.74) is 1.03. The van der Waals surface area contributed by atoms with E-state index in [0.29, 0.717) is 28.4 Å². The van der Waals surface area contributed by atoms with Crippen molar-refractivity contribution in [2.45, 2.75) is 32.2 Å². The molecule has 108 valence electrons. The van der Waals surface area contributed by atoms with Gasteiger partial charge in [0.15, 0.2) is 5.82 Å². The Morgan fingerprint density at radius 3 is 2.80 bits per heavy atom. The highest BCUT2D eigenvalue weighted by molar-refractivity contribution is 6.35. The van der Waals surface area contributed by atoms with Crippen molar-refractivity contribution < 1.29 is 4.52 Å². The van der Waals surface area contributed by atoms with Gasteiger partial charge in [-0.05, 0) is 38.1 Å². The molecule has 20 heavy (non-hydrogen) atoms. The summed E-state index contributed by atoms with van der Waals surface area (Å²) in [4.78, 5) is 4.37. The fourth-order valence-electron chi connectivity index (χ4n) is 1.82. The Bertz CT molecular complexity index is 571. The smallest absolute Gasteiger partial charge is 0.226 e. The number of aryl methyl sites for hydroxylation is 2. The van der Waals surface area contributed by atoms with Crippen molar-refractivity contribution in [1.29, 1.82) is 0 Å².